The van der Waals surface area contributed by atoms with Crippen molar-refractivity contribution in [1.29, 1.82) is 0 Å². The third-order valence-corrected chi connectivity index (χ3v) is 3.83. The van der Waals surface area contributed by atoms with Gasteiger partial charge >= 0.3 is 0 Å². The van der Waals surface area contributed by atoms with Crippen LogP contribution in [0.5, 0.6) is 0 Å². The third-order valence-electron chi connectivity index (χ3n) is 2.70. The number of aromatic nitrogens is 1. The Labute approximate surface area is 116 Å². The second-order valence-corrected chi connectivity index (χ2v) is 5.46. The van der Waals surface area contributed by atoms with E-state index in [0.717, 1.165) is 18.7 Å². The summed E-state index contributed by atoms with van der Waals surface area (Å²) in [5.41, 5.74) is 7.37. The molecule has 2 rings (SSSR count). The molecule has 0 aliphatic carbocycles. The van der Waals surface area contributed by atoms with Crippen molar-refractivity contribution < 1.29 is 0 Å². The Balaban J connectivity index is 2.09. The number of pyridine rings is 1. The fraction of sp³-hybridized carbons (Fsp3) is 0.231. The van der Waals surface area contributed by atoms with Crippen LogP contribution in [0.1, 0.15) is 10.6 Å². The highest BCUT2D eigenvalue weighted by atomic mass is 32.1. The lowest BCUT2D eigenvalue weighted by Crippen LogP contribution is -2.24. The predicted octanol–water partition coefficient (Wildman–Crippen LogP) is 2.46. The minimum atomic E-state index is 0.341. The smallest absolute Gasteiger partial charge is 0.124 e. The molecule has 94 valence electrons. The molecule has 0 fully saturated rings. The average molecular weight is 277 g/mol. The molecule has 2 N–H and O–H groups in total. The van der Waals surface area contributed by atoms with E-state index in [1.165, 1.54) is 4.88 Å². The number of anilines is 1. The van der Waals surface area contributed by atoms with E-state index in [4.69, 9.17) is 18.0 Å². The van der Waals surface area contributed by atoms with Crippen molar-refractivity contribution in [2.24, 2.45) is 5.73 Å². The zero-order valence-electron chi connectivity index (χ0n) is 10.2. The van der Waals surface area contributed by atoms with Crippen molar-refractivity contribution in [2.45, 2.75) is 6.42 Å². The molecular formula is C13H15N3S2. The van der Waals surface area contributed by atoms with Crippen LogP contribution in [0, 0.1) is 0 Å². The van der Waals surface area contributed by atoms with Crippen molar-refractivity contribution in [1.82, 2.24) is 4.98 Å². The third kappa shape index (κ3) is 3.05. The maximum absolute atomic E-state index is 5.69. The fourth-order valence-corrected chi connectivity index (χ4v) is 2.60. The molecule has 0 bridgehead atoms. The number of hydrogen-bond donors (Lipinski definition) is 1. The van der Waals surface area contributed by atoms with Crippen LogP contribution in [0.15, 0.2) is 35.8 Å². The van der Waals surface area contributed by atoms with E-state index >= 15 is 0 Å². The van der Waals surface area contributed by atoms with Gasteiger partial charge in [-0.2, -0.15) is 0 Å². The van der Waals surface area contributed by atoms with Gasteiger partial charge in [0.25, 0.3) is 0 Å². The molecule has 2 aromatic heterocycles. The maximum atomic E-state index is 5.69. The SMILES string of the molecule is CN(CCc1cccs1)c1cccnc1C(N)=S. The maximum Gasteiger partial charge on any atom is 0.124 e. The second kappa shape index (κ2) is 5.93. The van der Waals surface area contributed by atoms with Gasteiger partial charge in [-0.1, -0.05) is 18.3 Å². The van der Waals surface area contributed by atoms with Crippen LogP contribution in [-0.2, 0) is 6.42 Å². The summed E-state index contributed by atoms with van der Waals surface area (Å²) in [6, 6.07) is 8.12. The van der Waals surface area contributed by atoms with Gasteiger partial charge in [0.05, 0.1) is 5.69 Å². The molecule has 0 atom stereocenters. The number of thiocarbonyl (C=S) groups is 1. The van der Waals surface area contributed by atoms with Crippen LogP contribution in [0.4, 0.5) is 5.69 Å². The topological polar surface area (TPSA) is 42.2 Å². The van der Waals surface area contributed by atoms with Gasteiger partial charge < -0.3 is 10.6 Å². The molecule has 0 saturated heterocycles. The Hall–Kier alpha value is -1.46. The number of hydrogen-bond acceptors (Lipinski definition) is 4. The van der Waals surface area contributed by atoms with Gasteiger partial charge in [-0.15, -0.1) is 11.3 Å². The Morgan fingerprint density at radius 1 is 1.44 bits per heavy atom. The second-order valence-electron chi connectivity index (χ2n) is 3.99. The summed E-state index contributed by atoms with van der Waals surface area (Å²) in [6.07, 6.45) is 2.73. The highest BCUT2D eigenvalue weighted by molar-refractivity contribution is 7.80. The average Bonchev–Trinajstić information content (AvgIpc) is 2.89. The monoisotopic (exact) mass is 277 g/mol. The first kappa shape index (κ1) is 13.0. The van der Waals surface area contributed by atoms with Gasteiger partial charge in [-0.25, -0.2) is 0 Å². The fourth-order valence-electron chi connectivity index (χ4n) is 1.75. The van der Waals surface area contributed by atoms with E-state index in [9.17, 15) is 0 Å². The van der Waals surface area contributed by atoms with Crippen LogP contribution in [0.25, 0.3) is 0 Å². The first-order valence-electron chi connectivity index (χ1n) is 5.67. The Morgan fingerprint density at radius 3 is 2.94 bits per heavy atom. The lowest BCUT2D eigenvalue weighted by Gasteiger charge is -2.21. The molecule has 0 aliphatic rings. The largest absolute Gasteiger partial charge is 0.388 e. The normalized spacial score (nSPS) is 10.3. The molecule has 0 spiro atoms. The summed E-state index contributed by atoms with van der Waals surface area (Å²) in [7, 11) is 2.03. The van der Waals surface area contributed by atoms with Crippen molar-refractivity contribution in [3.05, 3.63) is 46.4 Å². The van der Waals surface area contributed by atoms with Crippen molar-refractivity contribution >= 4 is 34.2 Å². The van der Waals surface area contributed by atoms with E-state index in [-0.39, 0.29) is 0 Å². The molecular weight excluding hydrogens is 262 g/mol. The predicted molar refractivity (Wildman–Crippen MR) is 81.4 cm³/mol. The molecule has 18 heavy (non-hydrogen) atoms. The molecule has 0 saturated carbocycles. The number of rotatable bonds is 5. The molecule has 3 nitrogen and oxygen atoms in total. The molecule has 2 aromatic rings. The number of thiophene rings is 1. The first-order valence-corrected chi connectivity index (χ1v) is 6.95. The van der Waals surface area contributed by atoms with Crippen molar-refractivity contribution in [2.75, 3.05) is 18.5 Å². The molecule has 2 heterocycles. The minimum Gasteiger partial charge on any atom is -0.388 e. The molecule has 0 amide bonds. The standard InChI is InChI=1S/C13H15N3S2/c1-16(8-6-10-4-3-9-18-10)11-5-2-7-15-12(11)13(14)17/h2-5,7,9H,6,8H2,1H3,(H2,14,17). The minimum absolute atomic E-state index is 0.341. The van der Waals surface area contributed by atoms with Gasteiger partial charge in [0.1, 0.15) is 10.7 Å². The van der Waals surface area contributed by atoms with Gasteiger partial charge in [0.2, 0.25) is 0 Å². The van der Waals surface area contributed by atoms with Gasteiger partial charge in [-0.3, -0.25) is 4.98 Å². The lowest BCUT2D eigenvalue weighted by molar-refractivity contribution is 0.882. The van der Waals surface area contributed by atoms with Gasteiger partial charge in [0.15, 0.2) is 0 Å². The van der Waals surface area contributed by atoms with E-state index < -0.39 is 0 Å². The summed E-state index contributed by atoms with van der Waals surface area (Å²) >= 11 is 6.80. The number of likely N-dealkylation sites (N-methyl/N-ethyl adjacent to an activating group) is 1. The van der Waals surface area contributed by atoms with E-state index in [2.05, 4.69) is 27.4 Å². The number of nitrogens with two attached hydrogens (primary N) is 1. The van der Waals surface area contributed by atoms with E-state index in [0.29, 0.717) is 10.7 Å². The highest BCUT2D eigenvalue weighted by Gasteiger charge is 2.10. The Kier molecular flexibility index (Phi) is 4.28. The van der Waals surface area contributed by atoms with Crippen LogP contribution in [0.2, 0.25) is 0 Å². The molecule has 5 heteroatoms. The Bertz CT molecular complexity index is 523. The van der Waals surface area contributed by atoms with Crippen molar-refractivity contribution in [3.63, 3.8) is 0 Å². The van der Waals surface area contributed by atoms with Crippen LogP contribution in [0.3, 0.4) is 0 Å². The summed E-state index contributed by atoms with van der Waals surface area (Å²) in [5.74, 6) is 0. The zero-order valence-corrected chi connectivity index (χ0v) is 11.8. The highest BCUT2D eigenvalue weighted by Crippen LogP contribution is 2.18. The van der Waals surface area contributed by atoms with Gasteiger partial charge in [0, 0.05) is 24.7 Å². The molecule has 0 aromatic carbocycles. The molecule has 0 aliphatic heterocycles. The van der Waals surface area contributed by atoms with Crippen LogP contribution in [-0.4, -0.2) is 23.6 Å². The zero-order chi connectivity index (χ0) is 13.0. The van der Waals surface area contributed by atoms with Crippen LogP contribution < -0.4 is 10.6 Å². The summed E-state index contributed by atoms with van der Waals surface area (Å²) in [4.78, 5) is 8.10. The van der Waals surface area contributed by atoms with Gasteiger partial charge in [-0.05, 0) is 30.0 Å². The summed E-state index contributed by atoms with van der Waals surface area (Å²) < 4.78 is 0. The summed E-state index contributed by atoms with van der Waals surface area (Å²) in [6.45, 7) is 0.918. The molecule has 0 unspecified atom stereocenters. The van der Waals surface area contributed by atoms with Crippen LogP contribution >= 0.6 is 23.6 Å². The van der Waals surface area contributed by atoms with E-state index in [1.54, 1.807) is 17.5 Å². The molecule has 0 radical (unpaired) electrons. The Morgan fingerprint density at radius 2 is 2.28 bits per heavy atom. The quantitative estimate of drug-likeness (QED) is 0.853. The van der Waals surface area contributed by atoms with Crippen molar-refractivity contribution in [3.8, 4) is 0 Å². The number of nitrogens with zero attached hydrogens (tertiary/aromatic N) is 2. The first-order chi connectivity index (χ1) is 8.68. The van der Waals surface area contributed by atoms with E-state index in [1.807, 2.05) is 19.2 Å². The summed E-state index contributed by atoms with van der Waals surface area (Å²) in [5, 5.41) is 2.10. The lowest BCUT2D eigenvalue weighted by atomic mass is 10.2.